The van der Waals surface area contributed by atoms with Gasteiger partial charge in [0, 0.05) is 30.6 Å². The zero-order chi connectivity index (χ0) is 20.2. The first-order chi connectivity index (χ1) is 14.1. The molecule has 0 radical (unpaired) electrons. The molecule has 3 heterocycles. The number of nitrogens with zero attached hydrogens (tertiary/aromatic N) is 5. The highest BCUT2D eigenvalue weighted by Gasteiger charge is 2.23. The summed E-state index contributed by atoms with van der Waals surface area (Å²) in [6.45, 7) is 0.164. The van der Waals surface area contributed by atoms with Crippen LogP contribution < -0.4 is 15.0 Å². The number of carbonyl (C=O) groups is 1. The topological polar surface area (TPSA) is 93.1 Å². The molecule has 0 saturated carbocycles. The number of rotatable bonds is 6. The third kappa shape index (κ3) is 4.16. The normalized spacial score (nSPS) is 12.3. The summed E-state index contributed by atoms with van der Waals surface area (Å²) in [6.07, 6.45) is 6.17. The lowest BCUT2D eigenvalue weighted by molar-refractivity contribution is -0.114. The van der Waals surface area contributed by atoms with Crippen molar-refractivity contribution in [3.63, 3.8) is 0 Å². The summed E-state index contributed by atoms with van der Waals surface area (Å²) in [6, 6.07) is 9.13. The SMILES string of the molecule is COc1ccc(NC(=O)CN(C)c2nc(-c3ccccn3)nc3c2CCC3)cn1. The molecular weight excluding hydrogens is 368 g/mol. The quantitative estimate of drug-likeness (QED) is 0.691. The van der Waals surface area contributed by atoms with E-state index < -0.39 is 0 Å². The van der Waals surface area contributed by atoms with Gasteiger partial charge in [-0.1, -0.05) is 6.07 Å². The number of likely N-dealkylation sites (N-methyl/N-ethyl adjacent to an activating group) is 1. The number of hydrogen-bond acceptors (Lipinski definition) is 7. The van der Waals surface area contributed by atoms with Crippen LogP contribution in [0, 0.1) is 0 Å². The first-order valence-corrected chi connectivity index (χ1v) is 9.46. The van der Waals surface area contributed by atoms with Crippen LogP contribution in [0.2, 0.25) is 0 Å². The van der Waals surface area contributed by atoms with Gasteiger partial charge in [0.25, 0.3) is 0 Å². The van der Waals surface area contributed by atoms with Crippen molar-refractivity contribution < 1.29 is 9.53 Å². The van der Waals surface area contributed by atoms with Gasteiger partial charge in [-0.2, -0.15) is 0 Å². The molecule has 0 spiro atoms. The van der Waals surface area contributed by atoms with Gasteiger partial charge < -0.3 is 15.0 Å². The van der Waals surface area contributed by atoms with Crippen LogP contribution in [-0.4, -0.2) is 46.5 Å². The summed E-state index contributed by atoms with van der Waals surface area (Å²) in [5, 5.41) is 2.85. The number of methoxy groups -OCH3 is 1. The molecule has 0 atom stereocenters. The van der Waals surface area contributed by atoms with Crippen molar-refractivity contribution in [2.45, 2.75) is 19.3 Å². The van der Waals surface area contributed by atoms with Gasteiger partial charge in [0.1, 0.15) is 11.5 Å². The maximum Gasteiger partial charge on any atom is 0.243 e. The number of aryl methyl sites for hydroxylation is 1. The number of pyridine rings is 2. The van der Waals surface area contributed by atoms with E-state index in [1.54, 1.807) is 31.6 Å². The highest BCUT2D eigenvalue weighted by atomic mass is 16.5. The van der Waals surface area contributed by atoms with Crippen molar-refractivity contribution in [3.8, 4) is 17.4 Å². The molecule has 0 aromatic carbocycles. The molecule has 8 heteroatoms. The smallest absolute Gasteiger partial charge is 0.243 e. The van der Waals surface area contributed by atoms with Gasteiger partial charge in [-0.3, -0.25) is 9.78 Å². The fraction of sp³-hybridized carbons (Fsp3) is 0.286. The number of nitrogens with one attached hydrogen (secondary N) is 1. The standard InChI is InChI=1S/C21H22N6O2/c1-27(13-18(28)24-14-9-10-19(29-2)23-12-14)21-15-6-5-8-16(15)25-20(26-21)17-7-3-4-11-22-17/h3-4,7,9-12H,5-6,8,13H2,1-2H3,(H,24,28). The highest BCUT2D eigenvalue weighted by Crippen LogP contribution is 2.30. The molecule has 3 aromatic heterocycles. The van der Waals surface area contributed by atoms with Crippen molar-refractivity contribution in [2.24, 2.45) is 0 Å². The summed E-state index contributed by atoms with van der Waals surface area (Å²) >= 11 is 0. The number of aromatic nitrogens is 4. The van der Waals surface area contributed by atoms with Crippen molar-refractivity contribution in [1.82, 2.24) is 19.9 Å². The highest BCUT2D eigenvalue weighted by molar-refractivity contribution is 5.93. The maximum atomic E-state index is 12.5. The average molecular weight is 390 g/mol. The summed E-state index contributed by atoms with van der Waals surface area (Å²) < 4.78 is 5.04. The van der Waals surface area contributed by atoms with Gasteiger partial charge in [-0.05, 0) is 37.5 Å². The minimum Gasteiger partial charge on any atom is -0.481 e. The molecule has 4 rings (SSSR count). The van der Waals surface area contributed by atoms with Crippen LogP contribution in [-0.2, 0) is 17.6 Å². The Bertz CT molecular complexity index is 1010. The van der Waals surface area contributed by atoms with E-state index in [0.717, 1.165) is 42.0 Å². The van der Waals surface area contributed by atoms with E-state index in [2.05, 4.69) is 15.3 Å². The van der Waals surface area contributed by atoms with Gasteiger partial charge in [-0.25, -0.2) is 15.0 Å². The van der Waals surface area contributed by atoms with E-state index >= 15 is 0 Å². The van der Waals surface area contributed by atoms with E-state index in [0.29, 0.717) is 17.4 Å². The fourth-order valence-electron chi connectivity index (χ4n) is 3.40. The summed E-state index contributed by atoms with van der Waals surface area (Å²) in [5.74, 6) is 1.73. The molecule has 0 fully saturated rings. The van der Waals surface area contributed by atoms with E-state index in [1.807, 2.05) is 30.1 Å². The molecule has 1 N–H and O–H groups in total. The first-order valence-electron chi connectivity index (χ1n) is 9.46. The second kappa shape index (κ2) is 8.22. The minimum atomic E-state index is -0.149. The van der Waals surface area contributed by atoms with Gasteiger partial charge >= 0.3 is 0 Å². The van der Waals surface area contributed by atoms with Crippen LogP contribution in [0.3, 0.4) is 0 Å². The van der Waals surface area contributed by atoms with E-state index in [1.165, 1.54) is 0 Å². The van der Waals surface area contributed by atoms with Gasteiger partial charge in [0.2, 0.25) is 11.8 Å². The Morgan fingerprint density at radius 2 is 2.07 bits per heavy atom. The molecule has 1 aliphatic carbocycles. The summed E-state index contributed by atoms with van der Waals surface area (Å²) in [4.78, 5) is 32.3. The predicted octanol–water partition coefficient (Wildman–Crippen LogP) is 2.51. The zero-order valence-electron chi connectivity index (χ0n) is 16.4. The summed E-state index contributed by atoms with van der Waals surface area (Å²) in [5.41, 5.74) is 3.50. The van der Waals surface area contributed by atoms with Crippen LogP contribution in [0.1, 0.15) is 17.7 Å². The van der Waals surface area contributed by atoms with Gasteiger partial charge in [0.05, 0.1) is 25.5 Å². The molecule has 148 valence electrons. The van der Waals surface area contributed by atoms with E-state index in [4.69, 9.17) is 14.7 Å². The van der Waals surface area contributed by atoms with Gasteiger partial charge in [-0.15, -0.1) is 0 Å². The second-order valence-electron chi connectivity index (χ2n) is 6.86. The Kier molecular flexibility index (Phi) is 5.33. The zero-order valence-corrected chi connectivity index (χ0v) is 16.4. The Labute approximate surface area is 169 Å². The molecule has 29 heavy (non-hydrogen) atoms. The van der Waals surface area contributed by atoms with Crippen LogP contribution in [0.25, 0.3) is 11.5 Å². The lowest BCUT2D eigenvalue weighted by Crippen LogP contribution is -2.31. The number of amides is 1. The molecular formula is C21H22N6O2. The molecule has 0 bridgehead atoms. The molecule has 1 amide bonds. The van der Waals surface area contributed by atoms with E-state index in [-0.39, 0.29) is 12.5 Å². The molecule has 0 aliphatic heterocycles. The van der Waals surface area contributed by atoms with Crippen molar-refractivity contribution >= 4 is 17.4 Å². The number of carbonyl (C=O) groups excluding carboxylic acids is 1. The molecule has 3 aromatic rings. The van der Waals surface area contributed by atoms with Crippen LogP contribution in [0.15, 0.2) is 42.7 Å². The molecule has 0 saturated heterocycles. The Balaban J connectivity index is 1.53. The average Bonchev–Trinajstić information content (AvgIpc) is 3.23. The summed E-state index contributed by atoms with van der Waals surface area (Å²) in [7, 11) is 3.42. The Morgan fingerprint density at radius 3 is 2.79 bits per heavy atom. The van der Waals surface area contributed by atoms with Gasteiger partial charge in [0.15, 0.2) is 5.82 Å². The lowest BCUT2D eigenvalue weighted by Gasteiger charge is -2.21. The third-order valence-electron chi connectivity index (χ3n) is 4.78. The molecule has 0 unspecified atom stereocenters. The lowest BCUT2D eigenvalue weighted by atomic mass is 10.2. The first kappa shape index (κ1) is 18.8. The minimum absolute atomic E-state index is 0.149. The molecule has 1 aliphatic rings. The monoisotopic (exact) mass is 390 g/mol. The predicted molar refractivity (Wildman–Crippen MR) is 110 cm³/mol. The number of hydrogen-bond donors (Lipinski definition) is 1. The Hall–Kier alpha value is -3.55. The van der Waals surface area contributed by atoms with Crippen LogP contribution >= 0.6 is 0 Å². The Morgan fingerprint density at radius 1 is 1.17 bits per heavy atom. The maximum absolute atomic E-state index is 12.5. The molecule has 8 nitrogen and oxygen atoms in total. The van der Waals surface area contributed by atoms with Crippen molar-refractivity contribution in [3.05, 3.63) is 54.0 Å². The second-order valence-corrected chi connectivity index (χ2v) is 6.86. The number of ether oxygens (including phenoxy) is 1. The van der Waals surface area contributed by atoms with Crippen LogP contribution in [0.4, 0.5) is 11.5 Å². The van der Waals surface area contributed by atoms with Crippen molar-refractivity contribution in [1.29, 1.82) is 0 Å². The van der Waals surface area contributed by atoms with Crippen molar-refractivity contribution in [2.75, 3.05) is 30.9 Å². The number of anilines is 2. The van der Waals surface area contributed by atoms with Crippen LogP contribution in [0.5, 0.6) is 5.88 Å². The largest absolute Gasteiger partial charge is 0.481 e. The number of fused-ring (bicyclic) bond motifs is 1. The fourth-order valence-corrected chi connectivity index (χ4v) is 3.40. The van der Waals surface area contributed by atoms with E-state index in [9.17, 15) is 4.79 Å². The third-order valence-corrected chi connectivity index (χ3v) is 4.78.